The lowest BCUT2D eigenvalue weighted by Crippen LogP contribution is -2.64. The normalized spacial score (nSPS) is 26.5. The number of halogens is 1. The van der Waals surface area contributed by atoms with Crippen molar-refractivity contribution in [1.29, 1.82) is 0 Å². The summed E-state index contributed by atoms with van der Waals surface area (Å²) < 4.78 is 19.1. The number of amides is 2. The number of rotatable bonds is 9. The summed E-state index contributed by atoms with van der Waals surface area (Å²) in [6.07, 6.45) is 1.47. The number of ether oxygens (including phenoxy) is 1. The minimum absolute atomic E-state index is 0.0210. The molecule has 2 aromatic carbocycles. The maximum Gasteiger partial charge on any atom is 0.407 e. The van der Waals surface area contributed by atoms with E-state index in [0.717, 1.165) is 41.8 Å². The first-order valence-corrected chi connectivity index (χ1v) is 15.5. The van der Waals surface area contributed by atoms with Crippen molar-refractivity contribution >= 4 is 17.7 Å². The lowest BCUT2D eigenvalue weighted by molar-refractivity contribution is -0.121. The quantitative estimate of drug-likeness (QED) is 0.457. The summed E-state index contributed by atoms with van der Waals surface area (Å²) in [6, 6.07) is 12.8. The van der Waals surface area contributed by atoms with Crippen LogP contribution in [0.2, 0.25) is 0 Å². The van der Waals surface area contributed by atoms with Crippen molar-refractivity contribution < 1.29 is 23.8 Å². The molecule has 2 saturated heterocycles. The van der Waals surface area contributed by atoms with Crippen LogP contribution in [0.15, 0.2) is 42.5 Å². The number of carbonyl (C=O) groups is 2. The van der Waals surface area contributed by atoms with E-state index in [2.05, 4.69) is 41.8 Å². The summed E-state index contributed by atoms with van der Waals surface area (Å²) >= 11 is 0. The summed E-state index contributed by atoms with van der Waals surface area (Å²) in [4.78, 5) is 34.2. The summed E-state index contributed by atoms with van der Waals surface area (Å²) in [5, 5.41) is 9.88. The predicted octanol–water partition coefficient (Wildman–Crippen LogP) is 3.53. The molecule has 3 unspecified atom stereocenters. The second-order valence-corrected chi connectivity index (χ2v) is 12.9. The lowest BCUT2D eigenvalue weighted by atomic mass is 9.80. The molecular weight excluding hydrogens is 549 g/mol. The molecule has 4 atom stereocenters. The molecule has 0 aliphatic carbocycles. The van der Waals surface area contributed by atoms with Gasteiger partial charge in [0, 0.05) is 62.0 Å². The van der Waals surface area contributed by atoms with Gasteiger partial charge in [0.25, 0.3) is 0 Å². The number of hydrogen-bond donors (Lipinski definition) is 2. The molecule has 0 spiro atoms. The van der Waals surface area contributed by atoms with Crippen LogP contribution in [0.5, 0.6) is 0 Å². The monoisotopic (exact) mass is 595 g/mol. The van der Waals surface area contributed by atoms with E-state index in [0.29, 0.717) is 52.4 Å². The average molecular weight is 596 g/mol. The molecule has 234 valence electrons. The van der Waals surface area contributed by atoms with Crippen molar-refractivity contribution in [3.63, 3.8) is 0 Å². The van der Waals surface area contributed by atoms with E-state index < -0.39 is 6.09 Å². The summed E-state index contributed by atoms with van der Waals surface area (Å²) in [5.41, 5.74) is 9.84. The van der Waals surface area contributed by atoms with E-state index in [9.17, 15) is 19.1 Å². The van der Waals surface area contributed by atoms with Crippen LogP contribution in [0, 0.1) is 5.82 Å². The molecule has 2 amide bonds. The van der Waals surface area contributed by atoms with Crippen molar-refractivity contribution in [3.8, 4) is 0 Å². The molecule has 0 saturated carbocycles. The Morgan fingerprint density at radius 2 is 1.81 bits per heavy atom. The number of carboxylic acid groups (broad SMARTS) is 1. The number of morpholine rings is 1. The van der Waals surface area contributed by atoms with E-state index in [1.807, 2.05) is 11.8 Å². The zero-order chi connectivity index (χ0) is 30.7. The molecule has 3 aliphatic rings. The molecule has 9 nitrogen and oxygen atoms in total. The third kappa shape index (κ3) is 7.03. The van der Waals surface area contributed by atoms with Crippen LogP contribution in [0.1, 0.15) is 50.3 Å². The Bertz CT molecular complexity index is 1290. The average Bonchev–Trinajstić information content (AvgIpc) is 3.27. The van der Waals surface area contributed by atoms with Gasteiger partial charge in [-0.2, -0.15) is 0 Å². The van der Waals surface area contributed by atoms with Crippen molar-refractivity contribution in [2.45, 2.75) is 63.6 Å². The highest BCUT2D eigenvalue weighted by Crippen LogP contribution is 2.44. The fourth-order valence-electron chi connectivity index (χ4n) is 7.01. The highest BCUT2D eigenvalue weighted by molar-refractivity contribution is 5.97. The fraction of sp³-hybridized carbons (Fsp3) is 0.576. The standard InChI is InChI=1S/C33H46FN5O4/c1-23-17-37(28(19-38(23)32(41)42)18-36-13-14-43-21-24(36)2)20-31(40)39-22-33(3,11-4-12-35)29-10-7-26(16-30(29)39)15-25-5-8-27(34)9-6-25/h5-10,16,23-24,28H,4,11-15,17-22,35H2,1-3H3,(H,41,42)/t23?,24-,28?,33?/m1/s1. The largest absolute Gasteiger partial charge is 0.465 e. The third-order valence-electron chi connectivity index (χ3n) is 9.55. The fourth-order valence-corrected chi connectivity index (χ4v) is 7.01. The van der Waals surface area contributed by atoms with Crippen LogP contribution in [-0.4, -0.2) is 109 Å². The Kier molecular flexibility index (Phi) is 9.70. The van der Waals surface area contributed by atoms with Crippen LogP contribution >= 0.6 is 0 Å². The van der Waals surface area contributed by atoms with Crippen LogP contribution in [0.4, 0.5) is 14.9 Å². The molecule has 5 rings (SSSR count). The lowest BCUT2D eigenvalue weighted by Gasteiger charge is -2.47. The number of hydrogen-bond acceptors (Lipinski definition) is 6. The molecule has 2 fully saturated rings. The summed E-state index contributed by atoms with van der Waals surface area (Å²) in [5.74, 6) is -0.238. The van der Waals surface area contributed by atoms with E-state index >= 15 is 0 Å². The maximum atomic E-state index is 14.2. The van der Waals surface area contributed by atoms with E-state index in [-0.39, 0.29) is 41.8 Å². The number of benzene rings is 2. The van der Waals surface area contributed by atoms with Crippen molar-refractivity contribution in [3.05, 3.63) is 65.0 Å². The van der Waals surface area contributed by atoms with Crippen molar-refractivity contribution in [2.75, 3.05) is 63.9 Å². The molecule has 10 heteroatoms. The predicted molar refractivity (Wildman–Crippen MR) is 165 cm³/mol. The Labute approximate surface area is 254 Å². The van der Waals surface area contributed by atoms with Gasteiger partial charge < -0.3 is 25.4 Å². The van der Waals surface area contributed by atoms with Gasteiger partial charge in [-0.3, -0.25) is 14.6 Å². The van der Waals surface area contributed by atoms with E-state index in [1.54, 1.807) is 12.1 Å². The number of fused-ring (bicyclic) bond motifs is 1. The van der Waals surface area contributed by atoms with Gasteiger partial charge in [-0.1, -0.05) is 31.2 Å². The van der Waals surface area contributed by atoms with Gasteiger partial charge >= 0.3 is 6.09 Å². The first-order valence-electron chi connectivity index (χ1n) is 15.5. The molecular formula is C33H46FN5O4. The molecule has 0 radical (unpaired) electrons. The first-order chi connectivity index (χ1) is 20.6. The molecule has 3 aliphatic heterocycles. The van der Waals surface area contributed by atoms with Gasteiger partial charge in [0.05, 0.1) is 19.8 Å². The third-order valence-corrected chi connectivity index (χ3v) is 9.55. The zero-order valence-electron chi connectivity index (χ0n) is 25.7. The first kappa shape index (κ1) is 31.4. The Balaban J connectivity index is 1.39. The Hall–Kier alpha value is -3.05. The minimum Gasteiger partial charge on any atom is -0.465 e. The van der Waals surface area contributed by atoms with E-state index in [4.69, 9.17) is 10.5 Å². The second-order valence-electron chi connectivity index (χ2n) is 12.9. The number of carbonyl (C=O) groups excluding carboxylic acids is 1. The molecule has 0 aromatic heterocycles. The number of nitrogens with zero attached hydrogens (tertiary/aromatic N) is 4. The van der Waals surface area contributed by atoms with Gasteiger partial charge in [-0.15, -0.1) is 0 Å². The maximum absolute atomic E-state index is 14.2. The van der Waals surface area contributed by atoms with E-state index in [1.165, 1.54) is 17.0 Å². The van der Waals surface area contributed by atoms with Crippen LogP contribution in [0.3, 0.4) is 0 Å². The van der Waals surface area contributed by atoms with Gasteiger partial charge in [0.1, 0.15) is 5.82 Å². The Morgan fingerprint density at radius 1 is 1.07 bits per heavy atom. The summed E-state index contributed by atoms with van der Waals surface area (Å²) in [7, 11) is 0. The molecule has 0 bridgehead atoms. The van der Waals surface area contributed by atoms with Gasteiger partial charge in [0.15, 0.2) is 0 Å². The van der Waals surface area contributed by atoms with Crippen molar-refractivity contribution in [1.82, 2.24) is 14.7 Å². The Morgan fingerprint density at radius 3 is 2.51 bits per heavy atom. The minimum atomic E-state index is -0.920. The van der Waals surface area contributed by atoms with Crippen molar-refractivity contribution in [2.24, 2.45) is 5.73 Å². The van der Waals surface area contributed by atoms with Crippen LogP contribution in [-0.2, 0) is 21.4 Å². The zero-order valence-corrected chi connectivity index (χ0v) is 25.7. The molecule has 2 aromatic rings. The molecule has 3 heterocycles. The van der Waals surface area contributed by atoms with Gasteiger partial charge in [0.2, 0.25) is 5.91 Å². The van der Waals surface area contributed by atoms with Gasteiger partial charge in [-0.25, -0.2) is 9.18 Å². The van der Waals surface area contributed by atoms with Gasteiger partial charge in [-0.05, 0) is 74.5 Å². The SMILES string of the molecule is CC1CN(CC(=O)N2CC(C)(CCCN)c3ccc(Cc4ccc(F)cc4)cc32)C(CN2CCOC[C@H]2C)CN1C(=O)O. The number of anilines is 1. The highest BCUT2D eigenvalue weighted by atomic mass is 19.1. The highest BCUT2D eigenvalue weighted by Gasteiger charge is 2.43. The van der Waals surface area contributed by atoms with Crippen LogP contribution < -0.4 is 10.6 Å². The number of nitrogens with two attached hydrogens (primary N) is 1. The topological polar surface area (TPSA) is 103 Å². The second kappa shape index (κ2) is 13.3. The molecule has 43 heavy (non-hydrogen) atoms. The van der Waals surface area contributed by atoms with Crippen LogP contribution in [0.25, 0.3) is 0 Å². The molecule has 3 N–H and O–H groups in total. The summed E-state index contributed by atoms with van der Waals surface area (Å²) in [6.45, 7) is 11.3. The smallest absolute Gasteiger partial charge is 0.407 e. The number of piperazine rings is 1.